The molecule has 1 aromatic carbocycles. The minimum Gasteiger partial charge on any atom is -0.326 e. The van der Waals surface area contributed by atoms with Crippen LogP contribution in [0.2, 0.25) is 10.0 Å². The van der Waals surface area contributed by atoms with Crippen LogP contribution in [0.4, 0.5) is 0 Å². The number of halogens is 2. The maximum atomic E-state index is 6.25. The minimum atomic E-state index is 0.512. The molecule has 18 heavy (non-hydrogen) atoms. The Labute approximate surface area is 116 Å². The van der Waals surface area contributed by atoms with E-state index in [1.165, 1.54) is 29.7 Å². The van der Waals surface area contributed by atoms with Gasteiger partial charge >= 0.3 is 0 Å². The van der Waals surface area contributed by atoms with Gasteiger partial charge in [-0.15, -0.1) is 0 Å². The van der Waals surface area contributed by atoms with Gasteiger partial charge in [0.1, 0.15) is 0 Å². The lowest BCUT2D eigenvalue weighted by Crippen LogP contribution is -2.12. The van der Waals surface area contributed by atoms with Crippen LogP contribution in [0, 0.1) is 0 Å². The van der Waals surface area contributed by atoms with Crippen LogP contribution in [0.3, 0.4) is 0 Å². The third-order valence-electron chi connectivity index (χ3n) is 3.61. The van der Waals surface area contributed by atoms with Gasteiger partial charge in [-0.05, 0) is 48.9 Å². The summed E-state index contributed by atoms with van der Waals surface area (Å²) in [4.78, 5) is 4.72. The molecule has 0 amide bonds. The van der Waals surface area contributed by atoms with Gasteiger partial charge in [0.05, 0.1) is 10.5 Å². The second kappa shape index (κ2) is 4.69. The average Bonchev–Trinajstić information content (AvgIpc) is 2.36. The first-order chi connectivity index (χ1) is 8.70. The standard InChI is InChI=1S/C14H14Cl2N2/c15-8-5-10-11(7-17)9-3-1-2-4-13(9)18-14(10)12(16)6-8/h5-6H,1-4,7,17H2. The van der Waals surface area contributed by atoms with Crippen molar-refractivity contribution in [2.45, 2.75) is 32.2 Å². The van der Waals surface area contributed by atoms with Crippen molar-refractivity contribution in [2.75, 3.05) is 0 Å². The molecule has 0 radical (unpaired) electrons. The topological polar surface area (TPSA) is 38.9 Å². The molecule has 1 aliphatic carbocycles. The van der Waals surface area contributed by atoms with Gasteiger partial charge in [-0.2, -0.15) is 0 Å². The maximum Gasteiger partial charge on any atom is 0.0895 e. The zero-order valence-electron chi connectivity index (χ0n) is 9.97. The first-order valence-corrected chi connectivity index (χ1v) is 6.95. The van der Waals surface area contributed by atoms with E-state index in [1.807, 2.05) is 6.07 Å². The first-order valence-electron chi connectivity index (χ1n) is 6.20. The van der Waals surface area contributed by atoms with E-state index < -0.39 is 0 Å². The van der Waals surface area contributed by atoms with Crippen molar-refractivity contribution in [2.24, 2.45) is 5.73 Å². The smallest absolute Gasteiger partial charge is 0.0895 e. The Hall–Kier alpha value is -0.830. The molecule has 2 N–H and O–H groups in total. The van der Waals surface area contributed by atoms with Crippen molar-refractivity contribution in [3.63, 3.8) is 0 Å². The fraction of sp³-hybridized carbons (Fsp3) is 0.357. The van der Waals surface area contributed by atoms with Crippen LogP contribution in [0.5, 0.6) is 0 Å². The Balaban J connectivity index is 2.40. The number of nitrogens with zero attached hydrogens (tertiary/aromatic N) is 1. The summed E-state index contributed by atoms with van der Waals surface area (Å²) in [6.45, 7) is 0.512. The number of fused-ring (bicyclic) bond motifs is 2. The molecule has 0 saturated heterocycles. The highest BCUT2D eigenvalue weighted by Crippen LogP contribution is 2.34. The summed E-state index contributed by atoms with van der Waals surface area (Å²) in [6.07, 6.45) is 4.49. The molecule has 1 aliphatic rings. The molecule has 4 heteroatoms. The van der Waals surface area contributed by atoms with E-state index in [0.717, 1.165) is 23.7 Å². The van der Waals surface area contributed by atoms with E-state index in [1.54, 1.807) is 6.07 Å². The molecule has 3 rings (SSSR count). The van der Waals surface area contributed by atoms with E-state index in [9.17, 15) is 0 Å². The molecule has 0 fully saturated rings. The highest BCUT2D eigenvalue weighted by molar-refractivity contribution is 6.38. The average molecular weight is 281 g/mol. The summed E-state index contributed by atoms with van der Waals surface area (Å²) >= 11 is 12.3. The van der Waals surface area contributed by atoms with E-state index in [4.69, 9.17) is 33.9 Å². The van der Waals surface area contributed by atoms with Gasteiger partial charge < -0.3 is 5.73 Å². The molecule has 2 aromatic rings. The van der Waals surface area contributed by atoms with Crippen LogP contribution >= 0.6 is 23.2 Å². The summed E-state index contributed by atoms with van der Waals surface area (Å²) in [6, 6.07) is 3.67. The van der Waals surface area contributed by atoms with Crippen LogP contribution in [0.1, 0.15) is 29.7 Å². The maximum absolute atomic E-state index is 6.25. The van der Waals surface area contributed by atoms with Gasteiger partial charge in [0.15, 0.2) is 0 Å². The molecule has 0 saturated carbocycles. The largest absolute Gasteiger partial charge is 0.326 e. The predicted molar refractivity (Wildman–Crippen MR) is 76.3 cm³/mol. The van der Waals surface area contributed by atoms with E-state index in [2.05, 4.69) is 0 Å². The fourth-order valence-electron chi connectivity index (χ4n) is 2.78. The van der Waals surface area contributed by atoms with Crippen LogP contribution in [0.25, 0.3) is 10.9 Å². The second-order valence-electron chi connectivity index (χ2n) is 4.71. The second-order valence-corrected chi connectivity index (χ2v) is 5.55. The number of benzene rings is 1. The van der Waals surface area contributed by atoms with E-state index in [0.29, 0.717) is 16.6 Å². The van der Waals surface area contributed by atoms with Crippen molar-refractivity contribution >= 4 is 34.1 Å². The van der Waals surface area contributed by atoms with E-state index in [-0.39, 0.29) is 0 Å². The Kier molecular flexibility index (Phi) is 3.18. The molecule has 2 nitrogen and oxygen atoms in total. The van der Waals surface area contributed by atoms with E-state index >= 15 is 0 Å². The summed E-state index contributed by atoms with van der Waals surface area (Å²) < 4.78 is 0. The van der Waals surface area contributed by atoms with Crippen LogP contribution in [-0.4, -0.2) is 4.98 Å². The van der Waals surface area contributed by atoms with Crippen molar-refractivity contribution in [3.8, 4) is 0 Å². The van der Waals surface area contributed by atoms with Gasteiger partial charge in [-0.3, -0.25) is 4.98 Å². The molecule has 0 spiro atoms. The minimum absolute atomic E-state index is 0.512. The molecular formula is C14H14Cl2N2. The zero-order chi connectivity index (χ0) is 12.7. The summed E-state index contributed by atoms with van der Waals surface area (Å²) in [5.41, 5.74) is 10.4. The third kappa shape index (κ3) is 1.89. The van der Waals surface area contributed by atoms with Crippen molar-refractivity contribution in [1.82, 2.24) is 4.98 Å². The molecule has 1 heterocycles. The zero-order valence-corrected chi connectivity index (χ0v) is 11.5. The van der Waals surface area contributed by atoms with Crippen LogP contribution in [0.15, 0.2) is 12.1 Å². The van der Waals surface area contributed by atoms with Crippen molar-refractivity contribution in [1.29, 1.82) is 0 Å². The van der Waals surface area contributed by atoms with Gasteiger partial charge in [0.25, 0.3) is 0 Å². The predicted octanol–water partition coefficient (Wildman–Crippen LogP) is 3.88. The quantitative estimate of drug-likeness (QED) is 0.861. The normalized spacial score (nSPS) is 14.8. The van der Waals surface area contributed by atoms with Gasteiger partial charge in [-0.1, -0.05) is 23.2 Å². The molecule has 94 valence electrons. The number of pyridine rings is 1. The highest BCUT2D eigenvalue weighted by Gasteiger charge is 2.18. The number of hydrogen-bond acceptors (Lipinski definition) is 2. The highest BCUT2D eigenvalue weighted by atomic mass is 35.5. The monoisotopic (exact) mass is 280 g/mol. The SMILES string of the molecule is NCc1c2c(nc3c(Cl)cc(Cl)cc13)CCCC2. The molecule has 1 aromatic heterocycles. The molecular weight excluding hydrogens is 267 g/mol. The Morgan fingerprint density at radius 2 is 1.94 bits per heavy atom. The summed E-state index contributed by atoms with van der Waals surface area (Å²) in [5, 5.41) is 2.26. The third-order valence-corrected chi connectivity index (χ3v) is 4.11. The first kappa shape index (κ1) is 12.2. The molecule has 0 atom stereocenters. The molecule has 0 bridgehead atoms. The molecule has 0 unspecified atom stereocenters. The lowest BCUT2D eigenvalue weighted by Gasteiger charge is -2.20. The number of nitrogens with two attached hydrogens (primary N) is 1. The fourth-order valence-corrected chi connectivity index (χ4v) is 3.31. The van der Waals surface area contributed by atoms with Crippen molar-refractivity contribution < 1.29 is 0 Å². The summed E-state index contributed by atoms with van der Waals surface area (Å²) in [7, 11) is 0. The Morgan fingerprint density at radius 1 is 1.17 bits per heavy atom. The van der Waals surface area contributed by atoms with Crippen molar-refractivity contribution in [3.05, 3.63) is 39.0 Å². The van der Waals surface area contributed by atoms with Crippen LogP contribution in [-0.2, 0) is 19.4 Å². The van der Waals surface area contributed by atoms with Crippen LogP contribution < -0.4 is 5.73 Å². The molecule has 0 aliphatic heterocycles. The number of aryl methyl sites for hydroxylation is 1. The Bertz CT molecular complexity index is 623. The van der Waals surface area contributed by atoms with Gasteiger partial charge in [0, 0.05) is 22.6 Å². The van der Waals surface area contributed by atoms with Gasteiger partial charge in [-0.25, -0.2) is 0 Å². The lowest BCUT2D eigenvalue weighted by atomic mass is 9.90. The number of rotatable bonds is 1. The number of aromatic nitrogens is 1. The lowest BCUT2D eigenvalue weighted by molar-refractivity contribution is 0.664. The number of hydrogen-bond donors (Lipinski definition) is 1. The van der Waals surface area contributed by atoms with Gasteiger partial charge in [0.2, 0.25) is 0 Å². The summed E-state index contributed by atoms with van der Waals surface area (Å²) in [5.74, 6) is 0. The Morgan fingerprint density at radius 3 is 2.72 bits per heavy atom.